The number of ether oxygens (including phenoxy) is 1. The highest BCUT2D eigenvalue weighted by molar-refractivity contribution is 7.17. The number of anilines is 1. The molecule has 1 aliphatic heterocycles. The standard InChI is InChI=1S/C18H15NO2S/c1-2-21-15-5-3-13-11-19(18(20)16(13)10-15)14-4-6-17-12(9-14)7-8-22-17/h3-10H,2,11H2,1H3. The van der Waals surface area contributed by atoms with Crippen LogP contribution in [-0.2, 0) is 6.54 Å². The molecule has 0 saturated heterocycles. The molecule has 0 saturated carbocycles. The zero-order valence-electron chi connectivity index (χ0n) is 12.2. The van der Waals surface area contributed by atoms with E-state index in [-0.39, 0.29) is 5.91 Å². The van der Waals surface area contributed by atoms with Gasteiger partial charge in [0.1, 0.15) is 5.75 Å². The molecule has 3 nitrogen and oxygen atoms in total. The molecule has 1 aliphatic rings. The van der Waals surface area contributed by atoms with Crippen molar-refractivity contribution in [3.63, 3.8) is 0 Å². The van der Waals surface area contributed by atoms with E-state index in [2.05, 4.69) is 23.6 Å². The molecule has 4 heteroatoms. The normalized spacial score (nSPS) is 13.7. The van der Waals surface area contributed by atoms with E-state index in [4.69, 9.17) is 4.74 Å². The summed E-state index contributed by atoms with van der Waals surface area (Å²) in [7, 11) is 0. The lowest BCUT2D eigenvalue weighted by Gasteiger charge is -2.15. The van der Waals surface area contributed by atoms with E-state index in [1.54, 1.807) is 11.3 Å². The summed E-state index contributed by atoms with van der Waals surface area (Å²) in [5.41, 5.74) is 2.75. The van der Waals surface area contributed by atoms with Crippen molar-refractivity contribution in [2.75, 3.05) is 11.5 Å². The van der Waals surface area contributed by atoms with Gasteiger partial charge in [0, 0.05) is 16.0 Å². The summed E-state index contributed by atoms with van der Waals surface area (Å²) in [5, 5.41) is 3.25. The van der Waals surface area contributed by atoms with Crippen molar-refractivity contribution >= 4 is 33.0 Å². The zero-order chi connectivity index (χ0) is 15.1. The molecule has 1 amide bonds. The van der Waals surface area contributed by atoms with Gasteiger partial charge >= 0.3 is 0 Å². The Morgan fingerprint density at radius 3 is 2.95 bits per heavy atom. The molecule has 0 aliphatic carbocycles. The summed E-state index contributed by atoms with van der Waals surface area (Å²) >= 11 is 1.71. The average Bonchev–Trinajstić information content (AvgIpc) is 3.12. The van der Waals surface area contributed by atoms with Gasteiger partial charge in [0.05, 0.1) is 13.2 Å². The van der Waals surface area contributed by atoms with Gasteiger partial charge in [-0.1, -0.05) is 6.07 Å². The first kappa shape index (κ1) is 13.3. The number of rotatable bonds is 3. The Bertz CT molecular complexity index is 868. The molecule has 0 atom stereocenters. The molecule has 0 unspecified atom stereocenters. The van der Waals surface area contributed by atoms with Crippen LogP contribution in [-0.4, -0.2) is 12.5 Å². The first-order chi connectivity index (χ1) is 10.8. The summed E-state index contributed by atoms with van der Waals surface area (Å²) in [6.45, 7) is 3.17. The molecule has 110 valence electrons. The summed E-state index contributed by atoms with van der Waals surface area (Å²) in [6, 6.07) is 14.0. The average molecular weight is 309 g/mol. The number of hydrogen-bond acceptors (Lipinski definition) is 3. The molecule has 4 rings (SSSR count). The van der Waals surface area contributed by atoms with Crippen molar-refractivity contribution in [3.8, 4) is 5.75 Å². The first-order valence-electron chi connectivity index (χ1n) is 7.31. The zero-order valence-corrected chi connectivity index (χ0v) is 13.0. The fourth-order valence-electron chi connectivity index (χ4n) is 2.87. The maximum absolute atomic E-state index is 12.7. The van der Waals surface area contributed by atoms with Gasteiger partial charge in [-0.05, 0) is 59.7 Å². The van der Waals surface area contributed by atoms with Crippen LogP contribution >= 0.6 is 11.3 Å². The molecule has 2 heterocycles. The molecule has 0 N–H and O–H groups in total. The number of amides is 1. The number of benzene rings is 2. The Morgan fingerprint density at radius 2 is 2.09 bits per heavy atom. The fraction of sp³-hybridized carbons (Fsp3) is 0.167. The Morgan fingerprint density at radius 1 is 1.18 bits per heavy atom. The van der Waals surface area contributed by atoms with Crippen molar-refractivity contribution in [1.82, 2.24) is 0 Å². The second-order valence-electron chi connectivity index (χ2n) is 5.29. The molecule has 2 aromatic carbocycles. The minimum absolute atomic E-state index is 0.0473. The molecule has 0 bridgehead atoms. The Hall–Kier alpha value is -2.33. The predicted molar refractivity (Wildman–Crippen MR) is 89.9 cm³/mol. The lowest BCUT2D eigenvalue weighted by molar-refractivity contribution is 0.0996. The van der Waals surface area contributed by atoms with Crippen LogP contribution in [0.15, 0.2) is 47.8 Å². The van der Waals surface area contributed by atoms with Crippen molar-refractivity contribution in [3.05, 3.63) is 59.0 Å². The first-order valence-corrected chi connectivity index (χ1v) is 8.19. The van der Waals surface area contributed by atoms with E-state index in [1.165, 1.54) is 10.1 Å². The Kier molecular flexibility index (Phi) is 3.12. The third kappa shape index (κ3) is 2.07. The molecule has 1 aromatic heterocycles. The maximum atomic E-state index is 12.7. The van der Waals surface area contributed by atoms with Crippen LogP contribution in [0.5, 0.6) is 5.75 Å². The van der Waals surface area contributed by atoms with Crippen molar-refractivity contribution < 1.29 is 9.53 Å². The Labute approximate surface area is 132 Å². The largest absolute Gasteiger partial charge is 0.494 e. The lowest BCUT2D eigenvalue weighted by atomic mass is 10.1. The highest BCUT2D eigenvalue weighted by Gasteiger charge is 2.29. The summed E-state index contributed by atoms with van der Waals surface area (Å²) in [4.78, 5) is 14.5. The minimum Gasteiger partial charge on any atom is -0.494 e. The number of fused-ring (bicyclic) bond motifs is 2. The van der Waals surface area contributed by atoms with Gasteiger partial charge in [0.15, 0.2) is 0 Å². The number of thiophene rings is 1. The van der Waals surface area contributed by atoms with Crippen LogP contribution in [0.3, 0.4) is 0 Å². The molecular weight excluding hydrogens is 294 g/mol. The van der Waals surface area contributed by atoms with Crippen LogP contribution < -0.4 is 9.64 Å². The van der Waals surface area contributed by atoms with Gasteiger partial charge in [0.25, 0.3) is 5.91 Å². The number of nitrogens with zero attached hydrogens (tertiary/aromatic N) is 1. The quantitative estimate of drug-likeness (QED) is 0.715. The molecule has 3 aromatic rings. The van der Waals surface area contributed by atoms with Gasteiger partial charge < -0.3 is 9.64 Å². The predicted octanol–water partition coefficient (Wildman–Crippen LogP) is 4.46. The maximum Gasteiger partial charge on any atom is 0.259 e. The van der Waals surface area contributed by atoms with Crippen molar-refractivity contribution in [2.45, 2.75) is 13.5 Å². The SMILES string of the molecule is CCOc1ccc2c(c1)C(=O)N(c1ccc3sccc3c1)C2. The molecule has 0 spiro atoms. The summed E-state index contributed by atoms with van der Waals surface area (Å²) in [6.07, 6.45) is 0. The number of hydrogen-bond donors (Lipinski definition) is 0. The van der Waals surface area contributed by atoms with E-state index in [0.717, 1.165) is 22.6 Å². The fourth-order valence-corrected chi connectivity index (χ4v) is 3.64. The van der Waals surface area contributed by atoms with Crippen LogP contribution in [0.25, 0.3) is 10.1 Å². The second kappa shape index (κ2) is 5.14. The molecule has 22 heavy (non-hydrogen) atoms. The topological polar surface area (TPSA) is 29.5 Å². The number of carbonyl (C=O) groups is 1. The van der Waals surface area contributed by atoms with E-state index in [0.29, 0.717) is 13.2 Å². The van der Waals surface area contributed by atoms with Crippen LogP contribution in [0.2, 0.25) is 0 Å². The van der Waals surface area contributed by atoms with Gasteiger partial charge in [0.2, 0.25) is 0 Å². The van der Waals surface area contributed by atoms with Gasteiger partial charge in [-0.3, -0.25) is 4.79 Å². The van der Waals surface area contributed by atoms with E-state index >= 15 is 0 Å². The van der Waals surface area contributed by atoms with E-state index in [1.807, 2.05) is 36.1 Å². The van der Waals surface area contributed by atoms with Crippen molar-refractivity contribution in [1.29, 1.82) is 0 Å². The third-order valence-corrected chi connectivity index (χ3v) is 4.84. The molecule has 0 fully saturated rings. The van der Waals surface area contributed by atoms with Gasteiger partial charge in [-0.25, -0.2) is 0 Å². The Balaban J connectivity index is 1.71. The van der Waals surface area contributed by atoms with Gasteiger partial charge in [-0.15, -0.1) is 11.3 Å². The van der Waals surface area contributed by atoms with Crippen LogP contribution in [0, 0.1) is 0 Å². The molecule has 0 radical (unpaired) electrons. The van der Waals surface area contributed by atoms with E-state index in [9.17, 15) is 4.79 Å². The smallest absolute Gasteiger partial charge is 0.259 e. The monoisotopic (exact) mass is 309 g/mol. The van der Waals surface area contributed by atoms with Gasteiger partial charge in [-0.2, -0.15) is 0 Å². The third-order valence-electron chi connectivity index (χ3n) is 3.94. The summed E-state index contributed by atoms with van der Waals surface area (Å²) in [5.74, 6) is 0.802. The van der Waals surface area contributed by atoms with Crippen LogP contribution in [0.1, 0.15) is 22.8 Å². The minimum atomic E-state index is 0.0473. The number of carbonyl (C=O) groups excluding carboxylic acids is 1. The van der Waals surface area contributed by atoms with E-state index < -0.39 is 0 Å². The molecular formula is C18H15NO2S. The summed E-state index contributed by atoms with van der Waals surface area (Å²) < 4.78 is 6.74. The van der Waals surface area contributed by atoms with Crippen molar-refractivity contribution in [2.24, 2.45) is 0 Å². The highest BCUT2D eigenvalue weighted by Crippen LogP contribution is 2.33. The lowest BCUT2D eigenvalue weighted by Crippen LogP contribution is -2.22. The van der Waals surface area contributed by atoms with Crippen LogP contribution in [0.4, 0.5) is 5.69 Å². The highest BCUT2D eigenvalue weighted by atomic mass is 32.1. The second-order valence-corrected chi connectivity index (χ2v) is 6.23.